The molecule has 1 aromatic rings. The fraction of sp³-hybridized carbons (Fsp3) is 0.792. The molecule has 6 nitrogen and oxygen atoms in total. The number of rotatable bonds is 3. The van der Waals surface area contributed by atoms with Gasteiger partial charge in [-0.05, 0) is 57.3 Å². The summed E-state index contributed by atoms with van der Waals surface area (Å²) in [6.45, 7) is 5.41. The highest BCUT2D eigenvalue weighted by atomic mass is 16.2. The van der Waals surface area contributed by atoms with Gasteiger partial charge < -0.3 is 9.80 Å². The quantitative estimate of drug-likeness (QED) is 0.820. The second-order valence-electron chi connectivity index (χ2n) is 10.3. The lowest BCUT2D eigenvalue weighted by Gasteiger charge is -2.57. The molecule has 4 aliphatic rings. The lowest BCUT2D eigenvalue weighted by Crippen LogP contribution is -2.65. The van der Waals surface area contributed by atoms with E-state index >= 15 is 0 Å². The number of likely N-dealkylation sites (tertiary alicyclic amines) is 1. The number of H-pyrrole nitrogens is 1. The van der Waals surface area contributed by atoms with Gasteiger partial charge in [-0.15, -0.1) is 0 Å². The predicted octanol–water partition coefficient (Wildman–Crippen LogP) is 3.84. The molecule has 0 radical (unpaired) electrons. The number of hydrogen-bond acceptors (Lipinski definition) is 3. The minimum Gasteiger partial charge on any atom is -0.338 e. The first-order chi connectivity index (χ1) is 14.5. The third kappa shape index (κ3) is 3.46. The van der Waals surface area contributed by atoms with E-state index in [0.29, 0.717) is 36.2 Å². The number of carbonyl (C=O) groups excluding carboxylic acids is 2. The molecule has 0 unspecified atom stereocenters. The maximum absolute atomic E-state index is 13.4. The van der Waals surface area contributed by atoms with Gasteiger partial charge in [0, 0.05) is 37.3 Å². The Bertz CT molecular complexity index is 793. The fourth-order valence-electron chi connectivity index (χ4n) is 7.03. The van der Waals surface area contributed by atoms with Crippen molar-refractivity contribution in [3.63, 3.8) is 0 Å². The number of aromatic amines is 1. The zero-order valence-corrected chi connectivity index (χ0v) is 18.5. The average molecular weight is 413 g/mol. The molecule has 2 bridgehead atoms. The molecule has 1 aromatic heterocycles. The van der Waals surface area contributed by atoms with Crippen molar-refractivity contribution in [3.05, 3.63) is 17.0 Å². The van der Waals surface area contributed by atoms with Gasteiger partial charge in [-0.3, -0.25) is 14.7 Å². The Hall–Kier alpha value is -1.85. The highest BCUT2D eigenvalue weighted by Gasteiger charge is 2.50. The smallest absolute Gasteiger partial charge is 0.257 e. The van der Waals surface area contributed by atoms with E-state index < -0.39 is 0 Å². The second-order valence-corrected chi connectivity index (χ2v) is 10.3. The summed E-state index contributed by atoms with van der Waals surface area (Å²) in [7, 11) is 0. The number of nitrogens with one attached hydrogen (secondary N) is 1. The zero-order chi connectivity index (χ0) is 20.8. The summed E-state index contributed by atoms with van der Waals surface area (Å²) in [6.07, 6.45) is 11.8. The Labute approximate surface area is 179 Å². The van der Waals surface area contributed by atoms with Crippen LogP contribution in [0, 0.1) is 31.6 Å². The van der Waals surface area contributed by atoms with Crippen LogP contribution in [0.3, 0.4) is 0 Å². The SMILES string of the molecule is Cc1n[nH]c(C)c1C(=O)N1C[C@H]2C[C@@H](C1)[C@H](CC1CCCCC1)N1C(=O)CCC[C@@H]21. The number of carbonyl (C=O) groups is 2. The number of fused-ring (bicyclic) bond motifs is 4. The van der Waals surface area contributed by atoms with Crippen molar-refractivity contribution in [1.29, 1.82) is 0 Å². The van der Waals surface area contributed by atoms with Crippen LogP contribution in [0.5, 0.6) is 0 Å². The molecule has 1 saturated carbocycles. The molecular formula is C24H36N4O2. The van der Waals surface area contributed by atoms with Crippen molar-refractivity contribution in [1.82, 2.24) is 20.0 Å². The summed E-state index contributed by atoms with van der Waals surface area (Å²) in [4.78, 5) is 30.9. The lowest BCUT2D eigenvalue weighted by atomic mass is 9.69. The summed E-state index contributed by atoms with van der Waals surface area (Å²) in [5.41, 5.74) is 2.40. The van der Waals surface area contributed by atoms with E-state index in [1.165, 1.54) is 38.5 Å². The molecule has 0 aromatic carbocycles. The average Bonchev–Trinajstić information content (AvgIpc) is 3.09. The van der Waals surface area contributed by atoms with E-state index in [0.717, 1.165) is 55.2 Å². The molecule has 3 aliphatic heterocycles. The highest BCUT2D eigenvalue weighted by molar-refractivity contribution is 5.96. The van der Waals surface area contributed by atoms with Crippen LogP contribution in [0.4, 0.5) is 0 Å². The Morgan fingerprint density at radius 3 is 2.57 bits per heavy atom. The Morgan fingerprint density at radius 1 is 1.07 bits per heavy atom. The van der Waals surface area contributed by atoms with E-state index in [9.17, 15) is 9.59 Å². The number of aromatic nitrogens is 2. The number of hydrogen-bond donors (Lipinski definition) is 1. The van der Waals surface area contributed by atoms with Crippen molar-refractivity contribution in [2.75, 3.05) is 13.1 Å². The minimum absolute atomic E-state index is 0.125. The van der Waals surface area contributed by atoms with E-state index in [1.807, 2.05) is 13.8 Å². The maximum atomic E-state index is 13.4. The molecule has 4 fully saturated rings. The predicted molar refractivity (Wildman–Crippen MR) is 115 cm³/mol. The Morgan fingerprint density at radius 2 is 1.83 bits per heavy atom. The van der Waals surface area contributed by atoms with Gasteiger partial charge in [0.15, 0.2) is 0 Å². The monoisotopic (exact) mass is 412 g/mol. The van der Waals surface area contributed by atoms with Gasteiger partial charge in [0.05, 0.1) is 11.3 Å². The van der Waals surface area contributed by atoms with Crippen LogP contribution in [0.25, 0.3) is 0 Å². The molecule has 30 heavy (non-hydrogen) atoms. The van der Waals surface area contributed by atoms with E-state index in [2.05, 4.69) is 20.0 Å². The molecule has 0 spiro atoms. The number of piperidine rings is 3. The molecule has 4 atom stereocenters. The van der Waals surface area contributed by atoms with E-state index in [4.69, 9.17) is 0 Å². The van der Waals surface area contributed by atoms with Gasteiger partial charge in [0.25, 0.3) is 5.91 Å². The summed E-state index contributed by atoms with van der Waals surface area (Å²) >= 11 is 0. The summed E-state index contributed by atoms with van der Waals surface area (Å²) in [6, 6.07) is 0.655. The van der Waals surface area contributed by atoms with Crippen LogP contribution >= 0.6 is 0 Å². The van der Waals surface area contributed by atoms with Gasteiger partial charge in [-0.1, -0.05) is 32.1 Å². The largest absolute Gasteiger partial charge is 0.338 e. The molecule has 5 rings (SSSR count). The number of nitrogens with zero attached hydrogens (tertiary/aromatic N) is 3. The first-order valence-electron chi connectivity index (χ1n) is 12.1. The van der Waals surface area contributed by atoms with E-state index in [1.54, 1.807) is 0 Å². The molecule has 2 amide bonds. The van der Waals surface area contributed by atoms with Gasteiger partial charge in [0.2, 0.25) is 5.91 Å². The van der Waals surface area contributed by atoms with Crippen molar-refractivity contribution < 1.29 is 9.59 Å². The normalized spacial score (nSPS) is 32.3. The molecule has 3 saturated heterocycles. The van der Waals surface area contributed by atoms with Crippen molar-refractivity contribution >= 4 is 11.8 Å². The van der Waals surface area contributed by atoms with Crippen LogP contribution < -0.4 is 0 Å². The van der Waals surface area contributed by atoms with Crippen molar-refractivity contribution in [3.8, 4) is 0 Å². The number of aryl methyl sites for hydroxylation is 2. The molecule has 4 heterocycles. The van der Waals surface area contributed by atoms with Gasteiger partial charge in [-0.25, -0.2) is 0 Å². The zero-order valence-electron chi connectivity index (χ0n) is 18.5. The van der Waals surface area contributed by atoms with Crippen LogP contribution in [0.15, 0.2) is 0 Å². The summed E-state index contributed by atoms with van der Waals surface area (Å²) in [5.74, 6) is 2.09. The molecule has 164 valence electrons. The summed E-state index contributed by atoms with van der Waals surface area (Å²) in [5, 5.41) is 7.22. The van der Waals surface area contributed by atoms with Crippen LogP contribution in [-0.2, 0) is 4.79 Å². The lowest BCUT2D eigenvalue weighted by molar-refractivity contribution is -0.153. The van der Waals surface area contributed by atoms with Crippen molar-refractivity contribution in [2.45, 2.75) is 90.1 Å². The fourth-order valence-corrected chi connectivity index (χ4v) is 7.03. The molecule has 6 heteroatoms. The van der Waals surface area contributed by atoms with Crippen LogP contribution in [0.2, 0.25) is 0 Å². The van der Waals surface area contributed by atoms with E-state index in [-0.39, 0.29) is 5.91 Å². The molecule has 1 aliphatic carbocycles. The summed E-state index contributed by atoms with van der Waals surface area (Å²) < 4.78 is 0. The standard InChI is InChI=1S/C24H36N4O2/c1-15-23(16(2)26-25-15)24(30)27-13-18-12-19(14-27)21(11-17-7-4-3-5-8-17)28-20(18)9-6-10-22(28)29/h17-21H,3-14H2,1-2H3,(H,25,26)/t18-,19+,20+,21+/m1/s1. The molecular weight excluding hydrogens is 376 g/mol. The maximum Gasteiger partial charge on any atom is 0.257 e. The Kier molecular flexibility index (Phi) is 5.36. The first-order valence-corrected chi connectivity index (χ1v) is 12.1. The third-order valence-corrected chi connectivity index (χ3v) is 8.43. The third-order valence-electron chi connectivity index (χ3n) is 8.43. The minimum atomic E-state index is 0.125. The second kappa shape index (κ2) is 8.01. The van der Waals surface area contributed by atoms with Gasteiger partial charge in [0.1, 0.15) is 0 Å². The Balaban J connectivity index is 1.41. The highest BCUT2D eigenvalue weighted by Crippen LogP contribution is 2.45. The molecule has 1 N–H and O–H groups in total. The van der Waals surface area contributed by atoms with Crippen molar-refractivity contribution in [2.24, 2.45) is 17.8 Å². The van der Waals surface area contributed by atoms with Gasteiger partial charge >= 0.3 is 0 Å². The van der Waals surface area contributed by atoms with Gasteiger partial charge in [-0.2, -0.15) is 5.10 Å². The first kappa shape index (κ1) is 20.1. The topological polar surface area (TPSA) is 69.3 Å². The van der Waals surface area contributed by atoms with Crippen LogP contribution in [0.1, 0.15) is 86.0 Å². The van der Waals surface area contributed by atoms with Crippen LogP contribution in [-0.4, -0.2) is 57.0 Å². The number of amides is 2.